The second-order valence-corrected chi connectivity index (χ2v) is 6.23. The van der Waals surface area contributed by atoms with Gasteiger partial charge in [0.05, 0.1) is 0 Å². The van der Waals surface area contributed by atoms with E-state index in [1.165, 1.54) is 19.3 Å². The zero-order valence-corrected chi connectivity index (χ0v) is 11.7. The predicted octanol–water partition coefficient (Wildman–Crippen LogP) is 2.06. The average molecular weight is 268 g/mol. The molecule has 1 aromatic rings. The van der Waals surface area contributed by atoms with E-state index in [0.29, 0.717) is 22.0 Å². The molecule has 3 N–H and O–H groups in total. The Kier molecular flexibility index (Phi) is 4.16. The molecule has 2 rings (SSSR count). The summed E-state index contributed by atoms with van der Waals surface area (Å²) in [6, 6.07) is 0.261. The van der Waals surface area contributed by atoms with Crippen molar-refractivity contribution in [3.05, 3.63) is 5.01 Å². The van der Waals surface area contributed by atoms with E-state index in [4.69, 9.17) is 5.73 Å². The smallest absolute Gasteiger partial charge is 0.282 e. The minimum atomic E-state index is -0.137. The molecule has 1 fully saturated rings. The molecule has 100 valence electrons. The van der Waals surface area contributed by atoms with Crippen molar-refractivity contribution in [2.24, 2.45) is 11.8 Å². The van der Waals surface area contributed by atoms with Crippen LogP contribution in [0.4, 0.5) is 5.13 Å². The summed E-state index contributed by atoms with van der Waals surface area (Å²) in [7, 11) is 0. The van der Waals surface area contributed by atoms with Crippen molar-refractivity contribution >= 4 is 22.4 Å². The molecule has 1 heterocycles. The Labute approximate surface area is 111 Å². The van der Waals surface area contributed by atoms with Gasteiger partial charge in [0.15, 0.2) is 0 Å². The summed E-state index contributed by atoms with van der Waals surface area (Å²) in [5.74, 6) is 1.02. The first-order chi connectivity index (χ1) is 8.58. The molecule has 1 amide bonds. The third kappa shape index (κ3) is 2.98. The van der Waals surface area contributed by atoms with Crippen LogP contribution in [0.25, 0.3) is 0 Å². The summed E-state index contributed by atoms with van der Waals surface area (Å²) in [5, 5.41) is 11.2. The minimum Gasteiger partial charge on any atom is -0.374 e. The first kappa shape index (κ1) is 13.3. The molecule has 0 saturated heterocycles. The normalized spacial score (nSPS) is 24.2. The zero-order chi connectivity index (χ0) is 13.1. The van der Waals surface area contributed by atoms with Crippen molar-refractivity contribution in [3.8, 4) is 0 Å². The fourth-order valence-corrected chi connectivity index (χ4v) is 3.21. The Bertz CT molecular complexity index is 418. The number of nitrogens with two attached hydrogens (primary N) is 1. The molecular formula is C12H20N4OS. The van der Waals surface area contributed by atoms with Gasteiger partial charge in [0, 0.05) is 6.04 Å². The summed E-state index contributed by atoms with van der Waals surface area (Å²) < 4.78 is 0. The lowest BCUT2D eigenvalue weighted by atomic mass is 9.78. The van der Waals surface area contributed by atoms with Crippen LogP contribution in [-0.4, -0.2) is 22.1 Å². The van der Waals surface area contributed by atoms with Crippen LogP contribution in [-0.2, 0) is 0 Å². The molecule has 0 aromatic carbocycles. The summed E-state index contributed by atoms with van der Waals surface area (Å²) in [5.41, 5.74) is 5.49. The fraction of sp³-hybridized carbons (Fsp3) is 0.750. The molecule has 5 nitrogen and oxygen atoms in total. The van der Waals surface area contributed by atoms with Crippen LogP contribution >= 0.6 is 11.3 Å². The molecule has 0 radical (unpaired) electrons. The number of nitrogens with one attached hydrogen (secondary N) is 1. The molecule has 1 aromatic heterocycles. The Hall–Kier alpha value is -1.17. The number of carbonyl (C=O) groups is 1. The van der Waals surface area contributed by atoms with Crippen LogP contribution < -0.4 is 11.1 Å². The number of nitrogens with zero attached hydrogens (tertiary/aromatic N) is 2. The largest absolute Gasteiger partial charge is 0.374 e. The van der Waals surface area contributed by atoms with Crippen molar-refractivity contribution in [2.75, 3.05) is 5.73 Å². The molecule has 2 atom stereocenters. The number of hydrogen-bond donors (Lipinski definition) is 2. The summed E-state index contributed by atoms with van der Waals surface area (Å²) in [4.78, 5) is 12.0. The molecule has 1 saturated carbocycles. The zero-order valence-electron chi connectivity index (χ0n) is 10.8. The van der Waals surface area contributed by atoms with Gasteiger partial charge in [-0.2, -0.15) is 0 Å². The minimum absolute atomic E-state index is 0.137. The summed E-state index contributed by atoms with van der Waals surface area (Å²) in [6.45, 7) is 4.44. The molecule has 1 aliphatic carbocycles. The fourth-order valence-electron chi connectivity index (χ4n) is 2.69. The topological polar surface area (TPSA) is 80.9 Å². The van der Waals surface area contributed by atoms with E-state index < -0.39 is 0 Å². The lowest BCUT2D eigenvalue weighted by Crippen LogP contribution is -2.43. The van der Waals surface area contributed by atoms with E-state index in [1.54, 1.807) is 0 Å². The number of carbonyl (C=O) groups excluding carboxylic acids is 1. The van der Waals surface area contributed by atoms with Crippen molar-refractivity contribution in [1.82, 2.24) is 15.5 Å². The van der Waals surface area contributed by atoms with Gasteiger partial charge in [-0.3, -0.25) is 4.79 Å². The molecular weight excluding hydrogens is 248 g/mol. The molecule has 6 heteroatoms. The van der Waals surface area contributed by atoms with Gasteiger partial charge in [0.25, 0.3) is 5.91 Å². The molecule has 1 aliphatic rings. The van der Waals surface area contributed by atoms with Crippen molar-refractivity contribution < 1.29 is 4.79 Å². The highest BCUT2D eigenvalue weighted by molar-refractivity contribution is 7.16. The first-order valence-corrected chi connectivity index (χ1v) is 7.29. The van der Waals surface area contributed by atoms with Crippen LogP contribution in [0.2, 0.25) is 0 Å². The van der Waals surface area contributed by atoms with Crippen molar-refractivity contribution in [3.63, 3.8) is 0 Å². The predicted molar refractivity (Wildman–Crippen MR) is 72.4 cm³/mol. The standard InChI is InChI=1S/C12H20N4OS/c1-7(2)8-5-3-4-6-9(8)14-10(17)11-15-16-12(13)18-11/h7-9H,3-6H2,1-2H3,(H2,13,16)(H,14,17). The highest BCUT2D eigenvalue weighted by atomic mass is 32.1. The number of anilines is 1. The van der Waals surface area contributed by atoms with Gasteiger partial charge in [-0.15, -0.1) is 10.2 Å². The number of hydrogen-bond acceptors (Lipinski definition) is 5. The lowest BCUT2D eigenvalue weighted by Gasteiger charge is -2.34. The quantitative estimate of drug-likeness (QED) is 0.879. The van der Waals surface area contributed by atoms with Crippen LogP contribution in [0.15, 0.2) is 0 Å². The number of rotatable bonds is 3. The van der Waals surface area contributed by atoms with Gasteiger partial charge in [0.2, 0.25) is 10.1 Å². The Morgan fingerprint density at radius 3 is 2.72 bits per heavy atom. The van der Waals surface area contributed by atoms with E-state index in [0.717, 1.165) is 17.8 Å². The molecule has 2 unspecified atom stereocenters. The van der Waals surface area contributed by atoms with E-state index in [-0.39, 0.29) is 11.9 Å². The van der Waals surface area contributed by atoms with Crippen LogP contribution in [0, 0.1) is 11.8 Å². The molecule has 18 heavy (non-hydrogen) atoms. The van der Waals surface area contributed by atoms with Gasteiger partial charge >= 0.3 is 0 Å². The first-order valence-electron chi connectivity index (χ1n) is 6.47. The molecule has 0 bridgehead atoms. The Morgan fingerprint density at radius 1 is 1.39 bits per heavy atom. The van der Waals surface area contributed by atoms with E-state index in [9.17, 15) is 4.79 Å². The van der Waals surface area contributed by atoms with E-state index >= 15 is 0 Å². The molecule has 0 spiro atoms. The van der Waals surface area contributed by atoms with Gasteiger partial charge in [-0.1, -0.05) is 38.0 Å². The van der Waals surface area contributed by atoms with Gasteiger partial charge in [-0.05, 0) is 24.7 Å². The van der Waals surface area contributed by atoms with Crippen LogP contribution in [0.1, 0.15) is 49.3 Å². The second-order valence-electron chi connectivity index (χ2n) is 5.22. The van der Waals surface area contributed by atoms with Gasteiger partial charge < -0.3 is 11.1 Å². The molecule has 0 aliphatic heterocycles. The highest BCUT2D eigenvalue weighted by Crippen LogP contribution is 2.30. The Balaban J connectivity index is 2.00. The number of aromatic nitrogens is 2. The Morgan fingerprint density at radius 2 is 2.11 bits per heavy atom. The van der Waals surface area contributed by atoms with E-state index in [2.05, 4.69) is 29.4 Å². The van der Waals surface area contributed by atoms with Crippen molar-refractivity contribution in [2.45, 2.75) is 45.6 Å². The van der Waals surface area contributed by atoms with E-state index in [1.807, 2.05) is 0 Å². The van der Waals surface area contributed by atoms with Crippen molar-refractivity contribution in [1.29, 1.82) is 0 Å². The summed E-state index contributed by atoms with van der Waals surface area (Å²) in [6.07, 6.45) is 4.71. The SMILES string of the molecule is CC(C)C1CCCCC1NC(=O)c1nnc(N)s1. The van der Waals surface area contributed by atoms with Crippen LogP contribution in [0.5, 0.6) is 0 Å². The number of amides is 1. The average Bonchev–Trinajstić information content (AvgIpc) is 2.76. The number of nitrogen functional groups attached to an aromatic ring is 1. The van der Waals surface area contributed by atoms with Crippen LogP contribution in [0.3, 0.4) is 0 Å². The highest BCUT2D eigenvalue weighted by Gasteiger charge is 2.29. The maximum atomic E-state index is 12.0. The second kappa shape index (κ2) is 5.65. The van der Waals surface area contributed by atoms with Gasteiger partial charge in [0.1, 0.15) is 0 Å². The summed E-state index contributed by atoms with van der Waals surface area (Å²) >= 11 is 1.14. The maximum Gasteiger partial charge on any atom is 0.282 e. The third-order valence-corrected chi connectivity index (χ3v) is 4.38. The van der Waals surface area contributed by atoms with Gasteiger partial charge in [-0.25, -0.2) is 0 Å². The monoisotopic (exact) mass is 268 g/mol. The maximum absolute atomic E-state index is 12.0. The lowest BCUT2D eigenvalue weighted by molar-refractivity contribution is 0.0888. The third-order valence-electron chi connectivity index (χ3n) is 3.63.